The van der Waals surface area contributed by atoms with Gasteiger partial charge in [0.1, 0.15) is 10.3 Å². The van der Waals surface area contributed by atoms with Gasteiger partial charge in [0.25, 0.3) is 0 Å². The van der Waals surface area contributed by atoms with E-state index in [1.807, 2.05) is 0 Å². The van der Waals surface area contributed by atoms with Crippen molar-refractivity contribution in [3.63, 3.8) is 0 Å². The zero-order valence-corrected chi connectivity index (χ0v) is 9.55. The van der Waals surface area contributed by atoms with E-state index in [1.54, 1.807) is 6.92 Å². The summed E-state index contributed by atoms with van der Waals surface area (Å²) in [4.78, 5) is 0. The third-order valence-electron chi connectivity index (χ3n) is 1.54. The summed E-state index contributed by atoms with van der Waals surface area (Å²) in [6.45, 7) is 1.71. The van der Waals surface area contributed by atoms with Crippen molar-refractivity contribution >= 4 is 23.1 Å². The van der Waals surface area contributed by atoms with Gasteiger partial charge in [-0.1, -0.05) is 23.1 Å². The fourth-order valence-corrected chi connectivity index (χ4v) is 2.93. The first-order chi connectivity index (χ1) is 6.93. The lowest BCUT2D eigenvalue weighted by Crippen LogP contribution is -2.28. The van der Waals surface area contributed by atoms with Gasteiger partial charge in [0.2, 0.25) is 0 Å². The molecule has 0 fully saturated rings. The average Bonchev–Trinajstić information content (AvgIpc) is 2.49. The number of thioether (sulfide) groups is 1. The highest BCUT2D eigenvalue weighted by molar-refractivity contribution is 8.01. The molecule has 0 saturated carbocycles. The van der Waals surface area contributed by atoms with Gasteiger partial charge in [0.15, 0.2) is 4.34 Å². The first kappa shape index (κ1) is 12.7. The number of halogens is 3. The maximum Gasteiger partial charge on any atom is 0.401 e. The molecule has 0 aliphatic carbocycles. The molecule has 0 bridgehead atoms. The number of alkyl halides is 3. The van der Waals surface area contributed by atoms with Crippen LogP contribution in [0.1, 0.15) is 11.4 Å². The van der Waals surface area contributed by atoms with Gasteiger partial charge < -0.3 is 5.73 Å². The van der Waals surface area contributed by atoms with Crippen LogP contribution in [0.3, 0.4) is 0 Å². The van der Waals surface area contributed by atoms with E-state index in [0.717, 1.165) is 11.3 Å². The maximum atomic E-state index is 12.5. The Hall–Kier alpha value is -0.340. The first-order valence-corrected chi connectivity index (χ1v) is 5.86. The van der Waals surface area contributed by atoms with E-state index in [4.69, 9.17) is 5.73 Å². The Morgan fingerprint density at radius 2 is 2.13 bits per heavy atom. The molecule has 1 atom stereocenters. The van der Waals surface area contributed by atoms with Crippen LogP contribution in [0, 0.1) is 6.92 Å². The van der Waals surface area contributed by atoms with E-state index >= 15 is 0 Å². The largest absolute Gasteiger partial charge is 0.401 e. The summed E-state index contributed by atoms with van der Waals surface area (Å²) in [7, 11) is 0. The topological polar surface area (TPSA) is 51.8 Å². The molecule has 0 aliphatic heterocycles. The molecule has 0 saturated heterocycles. The zero-order valence-electron chi connectivity index (χ0n) is 7.91. The summed E-state index contributed by atoms with van der Waals surface area (Å²) >= 11 is 1.84. The molecular weight excluding hydrogens is 247 g/mol. The molecule has 15 heavy (non-hydrogen) atoms. The molecule has 3 nitrogen and oxygen atoms in total. The van der Waals surface area contributed by atoms with Gasteiger partial charge in [-0.2, -0.15) is 13.2 Å². The van der Waals surface area contributed by atoms with Gasteiger partial charge in [0.05, 0.1) is 0 Å². The predicted molar refractivity (Wildman–Crippen MR) is 54.0 cm³/mol. The Bertz CT molecular complexity index is 313. The molecule has 8 heteroatoms. The number of hydrogen-bond acceptors (Lipinski definition) is 5. The average molecular weight is 257 g/mol. The number of aryl methyl sites for hydroxylation is 1. The summed E-state index contributed by atoms with van der Waals surface area (Å²) < 4.78 is 37.8. The van der Waals surface area contributed by atoms with E-state index in [1.165, 1.54) is 0 Å². The van der Waals surface area contributed by atoms with Crippen LogP contribution >= 0.6 is 23.1 Å². The molecule has 86 valence electrons. The second kappa shape index (κ2) is 5.13. The second-order valence-electron chi connectivity index (χ2n) is 2.81. The standard InChI is InChI=1S/C7H10F3N3S2/c1-4-12-13-6(14-4)15-5(2-3-11)7(8,9)10/h5H,2-3,11H2,1H3. The Labute approximate surface area is 93.3 Å². The van der Waals surface area contributed by atoms with Crippen LogP contribution in [0.15, 0.2) is 4.34 Å². The van der Waals surface area contributed by atoms with Crippen LogP contribution in [0.2, 0.25) is 0 Å². The zero-order chi connectivity index (χ0) is 11.5. The summed E-state index contributed by atoms with van der Waals surface area (Å²) in [5.74, 6) is 0. The molecule has 1 heterocycles. The van der Waals surface area contributed by atoms with Gasteiger partial charge in [-0.3, -0.25) is 0 Å². The lowest BCUT2D eigenvalue weighted by molar-refractivity contribution is -0.129. The molecule has 0 amide bonds. The third kappa shape index (κ3) is 3.96. The second-order valence-corrected chi connectivity index (χ2v) is 5.44. The van der Waals surface area contributed by atoms with Crippen molar-refractivity contribution in [2.24, 2.45) is 5.73 Å². The molecular formula is C7H10F3N3S2. The molecule has 2 N–H and O–H groups in total. The number of nitrogens with two attached hydrogens (primary N) is 1. The highest BCUT2D eigenvalue weighted by Gasteiger charge is 2.40. The minimum atomic E-state index is -4.25. The lowest BCUT2D eigenvalue weighted by atomic mass is 10.3. The normalized spacial score (nSPS) is 14.2. The van der Waals surface area contributed by atoms with Crippen LogP contribution in [-0.2, 0) is 0 Å². The summed E-state index contributed by atoms with van der Waals surface area (Å²) in [6, 6.07) is 0. The van der Waals surface area contributed by atoms with E-state index in [9.17, 15) is 13.2 Å². The van der Waals surface area contributed by atoms with Crippen LogP contribution in [0.25, 0.3) is 0 Å². The quantitative estimate of drug-likeness (QED) is 0.840. The smallest absolute Gasteiger partial charge is 0.330 e. The highest BCUT2D eigenvalue weighted by Crippen LogP contribution is 2.37. The van der Waals surface area contributed by atoms with Crippen molar-refractivity contribution in [3.05, 3.63) is 5.01 Å². The molecule has 1 rings (SSSR count). The predicted octanol–water partition coefficient (Wildman–Crippen LogP) is 2.22. The van der Waals surface area contributed by atoms with Crippen LogP contribution in [0.5, 0.6) is 0 Å². The number of hydrogen-bond donors (Lipinski definition) is 1. The van der Waals surface area contributed by atoms with Crippen molar-refractivity contribution in [2.75, 3.05) is 6.54 Å². The maximum absolute atomic E-state index is 12.5. The van der Waals surface area contributed by atoms with E-state index in [0.29, 0.717) is 21.1 Å². The van der Waals surface area contributed by atoms with Gasteiger partial charge >= 0.3 is 6.18 Å². The highest BCUT2D eigenvalue weighted by atomic mass is 32.2. The molecule has 0 radical (unpaired) electrons. The van der Waals surface area contributed by atoms with Crippen molar-refractivity contribution < 1.29 is 13.2 Å². The minimum Gasteiger partial charge on any atom is -0.330 e. The Kier molecular flexibility index (Phi) is 4.35. The Morgan fingerprint density at radius 3 is 2.53 bits per heavy atom. The molecule has 0 spiro atoms. The van der Waals surface area contributed by atoms with Gasteiger partial charge in [0, 0.05) is 0 Å². The van der Waals surface area contributed by atoms with Gasteiger partial charge in [-0.05, 0) is 19.9 Å². The van der Waals surface area contributed by atoms with Crippen LogP contribution < -0.4 is 5.73 Å². The Balaban J connectivity index is 2.66. The molecule has 1 aromatic heterocycles. The molecule has 0 aromatic carbocycles. The summed E-state index contributed by atoms with van der Waals surface area (Å²) in [5, 5.41) is 6.47. The van der Waals surface area contributed by atoms with E-state index in [2.05, 4.69) is 10.2 Å². The third-order valence-corrected chi connectivity index (χ3v) is 3.79. The molecule has 1 unspecified atom stereocenters. The monoisotopic (exact) mass is 257 g/mol. The summed E-state index contributed by atoms with van der Waals surface area (Å²) in [6.07, 6.45) is -4.35. The van der Waals surface area contributed by atoms with E-state index < -0.39 is 11.4 Å². The molecule has 0 aliphatic rings. The van der Waals surface area contributed by atoms with Crippen LogP contribution in [0.4, 0.5) is 13.2 Å². The fraction of sp³-hybridized carbons (Fsp3) is 0.714. The van der Waals surface area contributed by atoms with Crippen molar-refractivity contribution in [3.8, 4) is 0 Å². The van der Waals surface area contributed by atoms with Gasteiger partial charge in [-0.15, -0.1) is 10.2 Å². The molecule has 1 aromatic rings. The van der Waals surface area contributed by atoms with Crippen molar-refractivity contribution in [2.45, 2.75) is 29.1 Å². The minimum absolute atomic E-state index is 0.00889. The van der Waals surface area contributed by atoms with E-state index in [-0.39, 0.29) is 13.0 Å². The van der Waals surface area contributed by atoms with Gasteiger partial charge in [-0.25, -0.2) is 0 Å². The lowest BCUT2D eigenvalue weighted by Gasteiger charge is -2.17. The van der Waals surface area contributed by atoms with Crippen molar-refractivity contribution in [1.29, 1.82) is 0 Å². The number of rotatable bonds is 4. The SMILES string of the molecule is Cc1nnc(SC(CCN)C(F)(F)F)s1. The number of nitrogens with zero attached hydrogens (tertiary/aromatic N) is 2. The first-order valence-electron chi connectivity index (χ1n) is 4.17. The number of aromatic nitrogens is 2. The Morgan fingerprint density at radius 1 is 1.47 bits per heavy atom. The summed E-state index contributed by atoms with van der Waals surface area (Å²) in [5.41, 5.74) is 5.14. The van der Waals surface area contributed by atoms with Crippen LogP contribution in [-0.4, -0.2) is 28.2 Å². The van der Waals surface area contributed by atoms with Crippen molar-refractivity contribution in [1.82, 2.24) is 10.2 Å². The fourth-order valence-electron chi connectivity index (χ4n) is 0.889.